The fourth-order valence-electron chi connectivity index (χ4n) is 1.91. The highest BCUT2D eigenvalue weighted by molar-refractivity contribution is 7.81. The number of rotatable bonds is 9. The van der Waals surface area contributed by atoms with Crippen LogP contribution in [0.2, 0.25) is 0 Å². The van der Waals surface area contributed by atoms with Crippen molar-refractivity contribution in [1.29, 1.82) is 0 Å². The van der Waals surface area contributed by atoms with E-state index in [1.54, 1.807) is 0 Å². The van der Waals surface area contributed by atoms with Crippen LogP contribution in [0.15, 0.2) is 30.3 Å². The molecule has 0 bridgehead atoms. The lowest BCUT2D eigenvalue weighted by atomic mass is 9.96. The topological polar surface area (TPSA) is 83.8 Å². The van der Waals surface area contributed by atoms with Crippen molar-refractivity contribution in [3.8, 4) is 0 Å². The first kappa shape index (κ1) is 17.5. The number of hydrogen-bond acceptors (Lipinski definition) is 4. The van der Waals surface area contributed by atoms with Crippen LogP contribution in [-0.4, -0.2) is 34.9 Å². The molecular formula is C15H20O5S. The number of carbonyl (C=O) groups is 2. The Labute approximate surface area is 129 Å². The number of carboxylic acids is 2. The summed E-state index contributed by atoms with van der Waals surface area (Å²) < 4.78 is 4.83. The molecule has 0 aliphatic carbocycles. The van der Waals surface area contributed by atoms with E-state index in [4.69, 9.17) is 14.9 Å². The predicted molar refractivity (Wildman–Crippen MR) is 81.6 cm³/mol. The van der Waals surface area contributed by atoms with E-state index in [1.165, 1.54) is 0 Å². The molecule has 0 aromatic heterocycles. The average Bonchev–Trinajstić information content (AvgIpc) is 2.47. The zero-order chi connectivity index (χ0) is 15.9. The Morgan fingerprint density at radius 1 is 1.29 bits per heavy atom. The first-order valence-corrected chi connectivity index (χ1v) is 7.18. The zero-order valence-corrected chi connectivity index (χ0v) is 12.8. The van der Waals surface area contributed by atoms with Crippen molar-refractivity contribution in [2.24, 2.45) is 0 Å². The third-order valence-corrected chi connectivity index (χ3v) is 4.02. The smallest absolute Gasteiger partial charge is 0.332 e. The molecule has 5 nitrogen and oxygen atoms in total. The number of hydrogen-bond donors (Lipinski definition) is 3. The van der Waals surface area contributed by atoms with Gasteiger partial charge in [-0.15, -0.1) is 0 Å². The molecular weight excluding hydrogens is 292 g/mol. The summed E-state index contributed by atoms with van der Waals surface area (Å²) in [5.74, 6) is -2.20. The molecule has 6 heteroatoms. The average molecular weight is 312 g/mol. The van der Waals surface area contributed by atoms with Gasteiger partial charge >= 0.3 is 11.9 Å². The van der Waals surface area contributed by atoms with Gasteiger partial charge in [0.15, 0.2) is 6.10 Å². The molecule has 0 fully saturated rings. The molecule has 0 saturated carbocycles. The fraction of sp³-hybridized carbons (Fsp3) is 0.467. The van der Waals surface area contributed by atoms with Gasteiger partial charge in [0.25, 0.3) is 0 Å². The van der Waals surface area contributed by atoms with Gasteiger partial charge in [-0.3, -0.25) is 4.79 Å². The van der Waals surface area contributed by atoms with E-state index < -0.39 is 22.8 Å². The minimum absolute atomic E-state index is 0.0625. The molecule has 116 valence electrons. The molecule has 2 N–H and O–H groups in total. The van der Waals surface area contributed by atoms with Gasteiger partial charge in [0.1, 0.15) is 0 Å². The standard InChI is InChI=1S/C15H20O5S/c1-2-15(21,11-6-4-3-5-7-11)10-20-12(14(18)19)8-9-13(16)17/h3-7,12,21H,2,8-10H2,1H3,(H,16,17)(H,18,19). The molecule has 0 amide bonds. The van der Waals surface area contributed by atoms with Crippen LogP contribution in [0.3, 0.4) is 0 Å². The van der Waals surface area contributed by atoms with Crippen LogP contribution in [-0.2, 0) is 19.1 Å². The maximum atomic E-state index is 11.1. The van der Waals surface area contributed by atoms with E-state index in [-0.39, 0.29) is 19.4 Å². The highest BCUT2D eigenvalue weighted by atomic mass is 32.1. The Morgan fingerprint density at radius 2 is 1.90 bits per heavy atom. The monoisotopic (exact) mass is 312 g/mol. The van der Waals surface area contributed by atoms with Gasteiger partial charge in [-0.1, -0.05) is 37.3 Å². The third-order valence-electron chi connectivity index (χ3n) is 3.32. The number of thiol groups is 1. The number of carboxylic acid groups (broad SMARTS) is 2. The highest BCUT2D eigenvalue weighted by Crippen LogP contribution is 2.33. The van der Waals surface area contributed by atoms with Crippen LogP contribution in [0.25, 0.3) is 0 Å². The lowest BCUT2D eigenvalue weighted by molar-refractivity contribution is -0.152. The lowest BCUT2D eigenvalue weighted by Crippen LogP contribution is -2.32. The van der Waals surface area contributed by atoms with Gasteiger partial charge in [-0.05, 0) is 18.4 Å². The Morgan fingerprint density at radius 3 is 2.38 bits per heavy atom. The van der Waals surface area contributed by atoms with Crippen LogP contribution >= 0.6 is 12.6 Å². The van der Waals surface area contributed by atoms with Gasteiger partial charge < -0.3 is 14.9 Å². The molecule has 0 radical (unpaired) electrons. The van der Waals surface area contributed by atoms with E-state index in [9.17, 15) is 9.59 Å². The first-order valence-electron chi connectivity index (χ1n) is 6.73. The number of aliphatic carboxylic acids is 2. The van der Waals surface area contributed by atoms with Crippen molar-refractivity contribution in [2.75, 3.05) is 6.61 Å². The van der Waals surface area contributed by atoms with Crippen LogP contribution in [0, 0.1) is 0 Å². The van der Waals surface area contributed by atoms with E-state index in [0.29, 0.717) is 6.42 Å². The van der Waals surface area contributed by atoms with E-state index in [1.807, 2.05) is 37.3 Å². The number of benzene rings is 1. The normalized spacial score (nSPS) is 15.1. The Balaban J connectivity index is 2.72. The molecule has 1 aromatic rings. The largest absolute Gasteiger partial charge is 0.481 e. The summed E-state index contributed by atoms with van der Waals surface area (Å²) in [5.41, 5.74) is 0.943. The Kier molecular flexibility index (Phi) is 6.71. The van der Waals surface area contributed by atoms with Crippen molar-refractivity contribution in [3.63, 3.8) is 0 Å². The van der Waals surface area contributed by atoms with Crippen LogP contribution in [0.4, 0.5) is 0 Å². The molecule has 2 atom stereocenters. The van der Waals surface area contributed by atoms with E-state index in [0.717, 1.165) is 5.56 Å². The first-order chi connectivity index (χ1) is 9.89. The van der Waals surface area contributed by atoms with Crippen molar-refractivity contribution >= 4 is 24.6 Å². The van der Waals surface area contributed by atoms with Crippen molar-refractivity contribution in [1.82, 2.24) is 0 Å². The minimum Gasteiger partial charge on any atom is -0.481 e. The zero-order valence-electron chi connectivity index (χ0n) is 11.9. The molecule has 0 saturated heterocycles. The van der Waals surface area contributed by atoms with Crippen LogP contribution in [0.1, 0.15) is 31.7 Å². The SMILES string of the molecule is CCC(S)(COC(CCC(=O)O)C(=O)O)c1ccccc1. The van der Waals surface area contributed by atoms with Gasteiger partial charge in [-0.25, -0.2) is 4.79 Å². The van der Waals surface area contributed by atoms with Crippen molar-refractivity contribution < 1.29 is 24.5 Å². The summed E-state index contributed by atoms with van der Waals surface area (Å²) in [6, 6.07) is 9.48. The van der Waals surface area contributed by atoms with Gasteiger partial charge in [0, 0.05) is 6.42 Å². The molecule has 0 aliphatic heterocycles. The summed E-state index contributed by atoms with van der Waals surface area (Å²) in [4.78, 5) is 21.7. The second-order valence-corrected chi connectivity index (χ2v) is 5.68. The molecule has 2 unspecified atom stereocenters. The van der Waals surface area contributed by atoms with Crippen LogP contribution in [0.5, 0.6) is 0 Å². The molecule has 0 spiro atoms. The summed E-state index contributed by atoms with van der Waals surface area (Å²) >= 11 is 4.63. The van der Waals surface area contributed by atoms with Gasteiger partial charge in [-0.2, -0.15) is 12.6 Å². The van der Waals surface area contributed by atoms with Crippen molar-refractivity contribution in [2.45, 2.75) is 37.0 Å². The van der Waals surface area contributed by atoms with Gasteiger partial charge in [0.2, 0.25) is 0 Å². The predicted octanol–water partition coefficient (Wildman–Crippen LogP) is 2.56. The molecule has 0 aliphatic rings. The van der Waals surface area contributed by atoms with Crippen LogP contribution < -0.4 is 0 Å². The molecule has 21 heavy (non-hydrogen) atoms. The summed E-state index contributed by atoms with van der Waals surface area (Å²) in [5, 5.41) is 17.7. The highest BCUT2D eigenvalue weighted by Gasteiger charge is 2.29. The summed E-state index contributed by atoms with van der Waals surface area (Å²) in [7, 11) is 0. The molecule has 0 heterocycles. The number of ether oxygens (including phenoxy) is 1. The quantitative estimate of drug-likeness (QED) is 0.610. The third kappa shape index (κ3) is 5.40. The Hall–Kier alpha value is -1.53. The second kappa shape index (κ2) is 8.05. The van der Waals surface area contributed by atoms with E-state index in [2.05, 4.69) is 12.6 Å². The molecule has 1 aromatic carbocycles. The maximum absolute atomic E-state index is 11.1. The van der Waals surface area contributed by atoms with Gasteiger partial charge in [0.05, 0.1) is 11.4 Å². The van der Waals surface area contributed by atoms with Crippen molar-refractivity contribution in [3.05, 3.63) is 35.9 Å². The lowest BCUT2D eigenvalue weighted by Gasteiger charge is -2.29. The summed E-state index contributed by atoms with van der Waals surface area (Å²) in [6.45, 7) is 2.05. The molecule has 1 rings (SSSR count). The summed E-state index contributed by atoms with van der Waals surface area (Å²) in [6.07, 6.45) is -0.783. The maximum Gasteiger partial charge on any atom is 0.332 e. The Bertz CT molecular complexity index is 476. The second-order valence-electron chi connectivity index (χ2n) is 4.82. The van der Waals surface area contributed by atoms with E-state index >= 15 is 0 Å². The fourth-order valence-corrected chi connectivity index (χ4v) is 2.13. The minimum atomic E-state index is -1.16.